The Morgan fingerprint density at radius 1 is 1.31 bits per heavy atom. The molecular formula is C13H26N2O. The molecule has 1 saturated heterocycles. The van der Waals surface area contributed by atoms with Crippen LogP contribution in [0, 0.1) is 5.41 Å². The zero-order valence-electron chi connectivity index (χ0n) is 11.2. The quantitative estimate of drug-likeness (QED) is 0.795. The summed E-state index contributed by atoms with van der Waals surface area (Å²) < 4.78 is 0. The molecule has 3 nitrogen and oxygen atoms in total. The summed E-state index contributed by atoms with van der Waals surface area (Å²) in [5, 5.41) is 3.28. The Hall–Kier alpha value is -0.570. The van der Waals surface area contributed by atoms with Crippen LogP contribution in [0.15, 0.2) is 0 Å². The predicted octanol–water partition coefficient (Wildman–Crippen LogP) is 2.02. The van der Waals surface area contributed by atoms with Gasteiger partial charge in [0.25, 0.3) is 0 Å². The van der Waals surface area contributed by atoms with Crippen molar-refractivity contribution < 1.29 is 4.79 Å². The van der Waals surface area contributed by atoms with Crippen LogP contribution in [0.3, 0.4) is 0 Å². The molecule has 1 rings (SSSR count). The third kappa shape index (κ3) is 4.52. The number of rotatable bonds is 4. The molecule has 0 aromatic rings. The van der Waals surface area contributed by atoms with Gasteiger partial charge in [0.2, 0.25) is 5.91 Å². The largest absolute Gasteiger partial charge is 0.343 e. The highest BCUT2D eigenvalue weighted by molar-refractivity contribution is 5.76. The molecule has 94 valence electrons. The van der Waals surface area contributed by atoms with E-state index in [0.29, 0.717) is 23.8 Å². The molecule has 0 spiro atoms. The van der Waals surface area contributed by atoms with Crippen LogP contribution in [-0.4, -0.2) is 36.5 Å². The van der Waals surface area contributed by atoms with E-state index in [4.69, 9.17) is 0 Å². The number of carbonyl (C=O) groups is 1. The summed E-state index contributed by atoms with van der Waals surface area (Å²) in [7, 11) is 0. The number of carbonyl (C=O) groups excluding carboxylic acids is 1. The van der Waals surface area contributed by atoms with Crippen LogP contribution in [0.1, 0.15) is 47.0 Å². The second-order valence-corrected chi connectivity index (χ2v) is 5.90. The van der Waals surface area contributed by atoms with E-state index in [1.54, 1.807) is 0 Å². The first kappa shape index (κ1) is 13.5. The lowest BCUT2D eigenvalue weighted by Crippen LogP contribution is -2.42. The van der Waals surface area contributed by atoms with Gasteiger partial charge in [0.05, 0.1) is 0 Å². The van der Waals surface area contributed by atoms with Gasteiger partial charge in [-0.15, -0.1) is 0 Å². The summed E-state index contributed by atoms with van der Waals surface area (Å²) in [4.78, 5) is 13.9. The van der Waals surface area contributed by atoms with Gasteiger partial charge in [0, 0.05) is 32.1 Å². The Balaban J connectivity index is 2.23. The van der Waals surface area contributed by atoms with Crippen molar-refractivity contribution in [3.63, 3.8) is 0 Å². The molecule has 16 heavy (non-hydrogen) atoms. The molecule has 0 radical (unpaired) electrons. The van der Waals surface area contributed by atoms with Crippen LogP contribution in [0.25, 0.3) is 0 Å². The molecular weight excluding hydrogens is 200 g/mol. The molecule has 3 heteroatoms. The number of nitrogens with zero attached hydrogens (tertiary/aromatic N) is 1. The molecule has 0 saturated carbocycles. The fraction of sp³-hybridized carbons (Fsp3) is 0.923. The summed E-state index contributed by atoms with van der Waals surface area (Å²) in [6.07, 6.45) is 2.91. The predicted molar refractivity (Wildman–Crippen MR) is 67.4 cm³/mol. The fourth-order valence-corrected chi connectivity index (χ4v) is 1.99. The molecule has 1 N–H and O–H groups in total. The number of amides is 1. The molecule has 0 atom stereocenters. The van der Waals surface area contributed by atoms with Gasteiger partial charge in [-0.25, -0.2) is 0 Å². The molecule has 1 amide bonds. The Bertz CT molecular complexity index is 226. The maximum atomic E-state index is 11.9. The van der Waals surface area contributed by atoms with Gasteiger partial charge < -0.3 is 10.2 Å². The molecule has 0 aliphatic carbocycles. The summed E-state index contributed by atoms with van der Waals surface area (Å²) in [6, 6.07) is 0.466. The van der Waals surface area contributed by atoms with Crippen LogP contribution in [0.5, 0.6) is 0 Å². The summed E-state index contributed by atoms with van der Waals surface area (Å²) in [5.74, 6) is 0.309. The average molecular weight is 226 g/mol. The Morgan fingerprint density at radius 3 is 2.38 bits per heavy atom. The maximum absolute atomic E-state index is 11.9. The van der Waals surface area contributed by atoms with Crippen molar-refractivity contribution in [3.05, 3.63) is 0 Å². The number of hydrogen-bond donors (Lipinski definition) is 1. The molecule has 0 aromatic carbocycles. The van der Waals surface area contributed by atoms with E-state index in [1.807, 2.05) is 4.90 Å². The molecule has 1 heterocycles. The molecule has 0 unspecified atom stereocenters. The van der Waals surface area contributed by atoms with Crippen LogP contribution < -0.4 is 5.32 Å². The van der Waals surface area contributed by atoms with Crippen LogP contribution >= 0.6 is 0 Å². The lowest BCUT2D eigenvalue weighted by Gasteiger charge is -2.37. The molecule has 0 aromatic heterocycles. The number of hydrogen-bond acceptors (Lipinski definition) is 2. The third-order valence-corrected chi connectivity index (χ3v) is 3.36. The van der Waals surface area contributed by atoms with Gasteiger partial charge in [-0.2, -0.15) is 0 Å². The van der Waals surface area contributed by atoms with Crippen LogP contribution in [0.2, 0.25) is 0 Å². The van der Waals surface area contributed by atoms with Crippen molar-refractivity contribution in [2.75, 3.05) is 19.6 Å². The Kier molecular flexibility index (Phi) is 4.78. The minimum Gasteiger partial charge on any atom is -0.343 e. The Morgan fingerprint density at radius 2 is 1.88 bits per heavy atom. The van der Waals surface area contributed by atoms with E-state index in [2.05, 4.69) is 33.0 Å². The standard InChI is InChI=1S/C13H26N2O/c1-11(2)14-8-5-12(16)15-9-6-13(3,4)7-10-15/h11,14H,5-10H2,1-4H3. The summed E-state index contributed by atoms with van der Waals surface area (Å²) >= 11 is 0. The van der Waals surface area contributed by atoms with Gasteiger partial charge >= 0.3 is 0 Å². The van der Waals surface area contributed by atoms with E-state index < -0.39 is 0 Å². The highest BCUT2D eigenvalue weighted by Crippen LogP contribution is 2.29. The van der Waals surface area contributed by atoms with E-state index >= 15 is 0 Å². The smallest absolute Gasteiger partial charge is 0.223 e. The van der Waals surface area contributed by atoms with Gasteiger partial charge in [-0.3, -0.25) is 4.79 Å². The van der Waals surface area contributed by atoms with Gasteiger partial charge in [0.15, 0.2) is 0 Å². The van der Waals surface area contributed by atoms with E-state index in [-0.39, 0.29) is 0 Å². The zero-order valence-corrected chi connectivity index (χ0v) is 11.2. The first-order valence-electron chi connectivity index (χ1n) is 6.42. The first-order valence-corrected chi connectivity index (χ1v) is 6.42. The number of nitrogens with one attached hydrogen (secondary N) is 1. The highest BCUT2D eigenvalue weighted by Gasteiger charge is 2.27. The van der Waals surface area contributed by atoms with Gasteiger partial charge in [0.1, 0.15) is 0 Å². The SMILES string of the molecule is CC(C)NCCC(=O)N1CCC(C)(C)CC1. The normalized spacial score (nSPS) is 20.2. The van der Waals surface area contributed by atoms with E-state index in [9.17, 15) is 4.79 Å². The number of likely N-dealkylation sites (tertiary alicyclic amines) is 1. The molecule has 1 fully saturated rings. The Labute approximate surface area is 99.6 Å². The minimum atomic E-state index is 0.309. The zero-order chi connectivity index (χ0) is 12.2. The molecule has 1 aliphatic rings. The molecule has 1 aliphatic heterocycles. The van der Waals surface area contributed by atoms with E-state index in [0.717, 1.165) is 32.5 Å². The van der Waals surface area contributed by atoms with Gasteiger partial charge in [-0.05, 0) is 18.3 Å². The fourth-order valence-electron chi connectivity index (χ4n) is 1.99. The molecule has 0 bridgehead atoms. The monoisotopic (exact) mass is 226 g/mol. The summed E-state index contributed by atoms with van der Waals surface area (Å²) in [5.41, 5.74) is 0.424. The lowest BCUT2D eigenvalue weighted by atomic mass is 9.82. The topological polar surface area (TPSA) is 32.3 Å². The van der Waals surface area contributed by atoms with Crippen LogP contribution in [0.4, 0.5) is 0 Å². The highest BCUT2D eigenvalue weighted by atomic mass is 16.2. The van der Waals surface area contributed by atoms with Crippen molar-refractivity contribution in [1.29, 1.82) is 0 Å². The second-order valence-electron chi connectivity index (χ2n) is 5.90. The van der Waals surface area contributed by atoms with Crippen molar-refractivity contribution in [1.82, 2.24) is 10.2 Å². The van der Waals surface area contributed by atoms with Crippen molar-refractivity contribution in [3.8, 4) is 0 Å². The second kappa shape index (κ2) is 5.67. The maximum Gasteiger partial charge on any atom is 0.223 e. The van der Waals surface area contributed by atoms with E-state index in [1.165, 1.54) is 0 Å². The van der Waals surface area contributed by atoms with Crippen molar-refractivity contribution >= 4 is 5.91 Å². The third-order valence-electron chi connectivity index (χ3n) is 3.36. The minimum absolute atomic E-state index is 0.309. The van der Waals surface area contributed by atoms with Gasteiger partial charge in [-0.1, -0.05) is 27.7 Å². The average Bonchev–Trinajstić information content (AvgIpc) is 2.16. The number of piperidine rings is 1. The van der Waals surface area contributed by atoms with Crippen molar-refractivity contribution in [2.24, 2.45) is 5.41 Å². The first-order chi connectivity index (χ1) is 7.41. The van der Waals surface area contributed by atoms with Crippen LogP contribution in [-0.2, 0) is 4.79 Å². The summed E-state index contributed by atoms with van der Waals surface area (Å²) in [6.45, 7) is 11.5. The van der Waals surface area contributed by atoms with Crippen molar-refractivity contribution in [2.45, 2.75) is 53.0 Å². The lowest BCUT2D eigenvalue weighted by molar-refractivity contribution is -0.133.